The summed E-state index contributed by atoms with van der Waals surface area (Å²) in [6.07, 6.45) is 9.41. The Morgan fingerprint density at radius 3 is 2.94 bits per heavy atom. The molecule has 0 spiro atoms. The average molecular weight is 441 g/mol. The first-order valence-electron chi connectivity index (χ1n) is 10.7. The van der Waals surface area contributed by atoms with Crippen molar-refractivity contribution >= 4 is 29.2 Å². The number of carbonyl (C=O) groups excluding carboxylic acids is 2. The Hall–Kier alpha value is -2.92. The zero-order valence-electron chi connectivity index (χ0n) is 17.2. The van der Waals surface area contributed by atoms with Crippen LogP contribution in [0.4, 0.5) is 5.82 Å². The molecule has 2 aromatic rings. The molecule has 1 aliphatic heterocycles. The number of hydrogen-bond donors (Lipinski definition) is 2. The average Bonchev–Trinajstić information content (AvgIpc) is 3.19. The summed E-state index contributed by atoms with van der Waals surface area (Å²) in [4.78, 5) is 28.9. The maximum Gasteiger partial charge on any atom is 0.234 e. The fraction of sp³-hybridized carbons (Fsp3) is 0.500. The number of pyridine rings is 1. The molecule has 8 nitrogen and oxygen atoms in total. The van der Waals surface area contributed by atoms with Crippen LogP contribution in [0.1, 0.15) is 50.6 Å². The van der Waals surface area contributed by atoms with Crippen LogP contribution in [-0.2, 0) is 22.6 Å². The van der Waals surface area contributed by atoms with E-state index in [1.54, 1.807) is 6.20 Å². The molecule has 0 saturated heterocycles. The van der Waals surface area contributed by atoms with Crippen molar-refractivity contribution in [3.8, 4) is 17.2 Å². The molecule has 3 heterocycles. The number of rotatable bonds is 5. The van der Waals surface area contributed by atoms with Crippen LogP contribution in [0.3, 0.4) is 0 Å². The lowest BCUT2D eigenvalue weighted by atomic mass is 9.85. The molecule has 2 atom stereocenters. The van der Waals surface area contributed by atoms with Gasteiger partial charge in [0.1, 0.15) is 12.2 Å². The van der Waals surface area contributed by atoms with Crippen molar-refractivity contribution < 1.29 is 9.59 Å². The minimum absolute atomic E-state index is 0.0852. The first-order valence-corrected chi connectivity index (χ1v) is 11.1. The van der Waals surface area contributed by atoms with Gasteiger partial charge in [0.2, 0.25) is 11.8 Å². The summed E-state index contributed by atoms with van der Waals surface area (Å²) in [6, 6.07) is 3.57. The Kier molecular flexibility index (Phi) is 6.52. The molecule has 2 N–H and O–H groups in total. The number of aryl methyl sites for hydroxylation is 1. The third kappa shape index (κ3) is 4.88. The summed E-state index contributed by atoms with van der Waals surface area (Å²) >= 11 is 6.43. The van der Waals surface area contributed by atoms with Crippen molar-refractivity contribution in [1.82, 2.24) is 20.1 Å². The van der Waals surface area contributed by atoms with Crippen molar-refractivity contribution in [2.45, 2.75) is 64.0 Å². The number of halogens is 1. The maximum atomic E-state index is 12.9. The van der Waals surface area contributed by atoms with Gasteiger partial charge >= 0.3 is 0 Å². The van der Waals surface area contributed by atoms with E-state index in [1.807, 2.05) is 23.0 Å². The Balaban J connectivity index is 1.45. The lowest BCUT2D eigenvalue weighted by Gasteiger charge is -2.28. The zero-order valence-corrected chi connectivity index (χ0v) is 18.0. The normalized spacial score (nSPS) is 20.4. The third-order valence-corrected chi connectivity index (χ3v) is 6.33. The van der Waals surface area contributed by atoms with Gasteiger partial charge in [-0.2, -0.15) is 10.4 Å². The molecule has 9 heteroatoms. The second-order valence-electron chi connectivity index (χ2n) is 8.19. The second kappa shape index (κ2) is 9.48. The molecule has 1 saturated carbocycles. The first-order chi connectivity index (χ1) is 15.0. The number of nitrogens with zero attached hydrogens (tertiary/aromatic N) is 4. The number of carbonyl (C=O) groups is 2. The van der Waals surface area contributed by atoms with Gasteiger partial charge in [0.15, 0.2) is 0 Å². The van der Waals surface area contributed by atoms with Crippen LogP contribution in [0.2, 0.25) is 5.02 Å². The largest absolute Gasteiger partial charge is 0.352 e. The van der Waals surface area contributed by atoms with Crippen LogP contribution in [0.25, 0.3) is 11.1 Å². The maximum absolute atomic E-state index is 12.9. The van der Waals surface area contributed by atoms with Crippen LogP contribution >= 0.6 is 11.6 Å². The van der Waals surface area contributed by atoms with E-state index in [4.69, 9.17) is 16.9 Å². The zero-order chi connectivity index (χ0) is 21.8. The number of hydrogen-bond acceptors (Lipinski definition) is 5. The van der Waals surface area contributed by atoms with Gasteiger partial charge in [-0.15, -0.1) is 0 Å². The van der Waals surface area contributed by atoms with E-state index in [1.165, 1.54) is 5.69 Å². The fourth-order valence-corrected chi connectivity index (χ4v) is 4.70. The van der Waals surface area contributed by atoms with Gasteiger partial charge < -0.3 is 10.6 Å². The number of aromatic nitrogens is 3. The van der Waals surface area contributed by atoms with Crippen LogP contribution in [0.15, 0.2) is 18.5 Å². The first kappa shape index (κ1) is 21.3. The van der Waals surface area contributed by atoms with E-state index >= 15 is 0 Å². The molecule has 162 valence electrons. The van der Waals surface area contributed by atoms with Crippen LogP contribution in [0, 0.1) is 17.2 Å². The third-order valence-electron chi connectivity index (χ3n) is 6.03. The number of amides is 2. The van der Waals surface area contributed by atoms with E-state index in [0.717, 1.165) is 56.2 Å². The number of fused-ring (bicyclic) bond motifs is 1. The van der Waals surface area contributed by atoms with Gasteiger partial charge in [0, 0.05) is 41.5 Å². The Labute approximate surface area is 186 Å². The van der Waals surface area contributed by atoms with Crippen molar-refractivity contribution in [1.29, 1.82) is 5.26 Å². The molecular weight excluding hydrogens is 416 g/mol. The molecule has 2 aliphatic rings. The van der Waals surface area contributed by atoms with Gasteiger partial charge in [0.05, 0.1) is 17.3 Å². The Morgan fingerprint density at radius 2 is 2.10 bits per heavy atom. The smallest absolute Gasteiger partial charge is 0.234 e. The van der Waals surface area contributed by atoms with Crippen molar-refractivity contribution in [2.75, 3.05) is 5.32 Å². The summed E-state index contributed by atoms with van der Waals surface area (Å²) in [7, 11) is 0. The minimum atomic E-state index is -0.290. The van der Waals surface area contributed by atoms with Gasteiger partial charge in [0.25, 0.3) is 0 Å². The summed E-state index contributed by atoms with van der Waals surface area (Å²) < 4.78 is 2.02. The predicted molar refractivity (Wildman–Crippen MR) is 116 cm³/mol. The van der Waals surface area contributed by atoms with E-state index < -0.39 is 0 Å². The molecule has 4 rings (SSSR count). The van der Waals surface area contributed by atoms with Gasteiger partial charge in [-0.1, -0.05) is 18.0 Å². The van der Waals surface area contributed by atoms with Crippen molar-refractivity contribution in [3.63, 3.8) is 0 Å². The second-order valence-corrected chi connectivity index (χ2v) is 8.59. The molecule has 1 fully saturated rings. The molecule has 2 amide bonds. The summed E-state index contributed by atoms with van der Waals surface area (Å²) in [6.45, 7) is 0.912. The van der Waals surface area contributed by atoms with Crippen molar-refractivity contribution in [2.24, 2.45) is 5.92 Å². The molecule has 1 aliphatic carbocycles. The lowest BCUT2D eigenvalue weighted by Crippen LogP contribution is -2.40. The predicted octanol–water partition coefficient (Wildman–Crippen LogP) is 3.46. The van der Waals surface area contributed by atoms with Crippen LogP contribution in [-0.4, -0.2) is 32.6 Å². The highest BCUT2D eigenvalue weighted by Crippen LogP contribution is 2.34. The summed E-state index contributed by atoms with van der Waals surface area (Å²) in [5.74, 6) is -0.166. The van der Waals surface area contributed by atoms with Crippen LogP contribution in [0.5, 0.6) is 0 Å². The monoisotopic (exact) mass is 440 g/mol. The number of nitriles is 1. The highest BCUT2D eigenvalue weighted by Gasteiger charge is 2.28. The molecule has 0 bridgehead atoms. The van der Waals surface area contributed by atoms with E-state index in [0.29, 0.717) is 17.3 Å². The van der Waals surface area contributed by atoms with Crippen LogP contribution < -0.4 is 10.6 Å². The topological polar surface area (TPSA) is 113 Å². The lowest BCUT2D eigenvalue weighted by molar-refractivity contribution is -0.124. The molecule has 1 unspecified atom stereocenters. The fourth-order valence-electron chi connectivity index (χ4n) is 4.50. The van der Waals surface area contributed by atoms with E-state index in [2.05, 4.69) is 20.7 Å². The highest BCUT2D eigenvalue weighted by atomic mass is 35.5. The molecule has 0 radical (unpaired) electrons. The van der Waals surface area contributed by atoms with Crippen molar-refractivity contribution in [3.05, 3.63) is 29.2 Å². The summed E-state index contributed by atoms with van der Waals surface area (Å²) in [5.41, 5.74) is 2.97. The quantitative estimate of drug-likeness (QED) is 0.739. The molecular formula is C22H25ClN6O2. The molecule has 31 heavy (non-hydrogen) atoms. The standard InChI is InChI=1S/C22H25ClN6O2/c23-18-13-25-20(11-16(18)17-12-26-29-9-2-1-6-19(17)29)28-22(31)14-4-3-5-15(10-14)27-21(30)7-8-24/h11-15H,1-7,9-10H2,(H,27,30)(H,25,28,31)/t14-,15?/m1/s1. The molecule has 2 aromatic heterocycles. The summed E-state index contributed by atoms with van der Waals surface area (Å²) in [5, 5.41) is 19.4. The SMILES string of the molecule is N#CCC(=O)NC1CCC[C@@H](C(=O)Nc2cc(-c3cnn4c3CCCC4)c(Cl)cn2)C1. The van der Waals surface area contributed by atoms with Gasteiger partial charge in [-0.3, -0.25) is 14.3 Å². The van der Waals surface area contributed by atoms with E-state index in [-0.39, 0.29) is 30.2 Å². The van der Waals surface area contributed by atoms with Gasteiger partial charge in [-0.25, -0.2) is 4.98 Å². The van der Waals surface area contributed by atoms with Gasteiger partial charge in [-0.05, 0) is 44.6 Å². The Morgan fingerprint density at radius 1 is 1.23 bits per heavy atom. The molecule has 0 aromatic carbocycles. The number of anilines is 1. The van der Waals surface area contributed by atoms with E-state index in [9.17, 15) is 9.59 Å². The number of nitrogens with one attached hydrogen (secondary N) is 2. The minimum Gasteiger partial charge on any atom is -0.352 e. The Bertz CT molecular complexity index is 1030. The highest BCUT2D eigenvalue weighted by molar-refractivity contribution is 6.33.